The molecule has 3 heterocycles. The zero-order valence-corrected chi connectivity index (χ0v) is 39.6. The number of anilines is 1. The minimum absolute atomic E-state index is 0.283. The van der Waals surface area contributed by atoms with Gasteiger partial charge in [-0.3, -0.25) is 0 Å². The van der Waals surface area contributed by atoms with Gasteiger partial charge in [-0.1, -0.05) is 171 Å². The monoisotopic (exact) mass is 888 g/mol. The third-order valence-corrected chi connectivity index (χ3v) is 12.6. The third-order valence-electron chi connectivity index (χ3n) is 12.6. The molecule has 338 valence electrons. The Morgan fingerprint density at radius 3 is 2.38 bits per heavy atom. The maximum absolute atomic E-state index is 6.07. The summed E-state index contributed by atoms with van der Waals surface area (Å²) in [6.45, 7) is 23.7. The zero-order valence-electron chi connectivity index (χ0n) is 39.6. The van der Waals surface area contributed by atoms with Crippen molar-refractivity contribution in [2.75, 3.05) is 11.4 Å². The summed E-state index contributed by atoms with van der Waals surface area (Å²) in [7, 11) is 0. The maximum Gasteiger partial charge on any atom is 0.165 e. The molecule has 9 rings (SSSR count). The van der Waals surface area contributed by atoms with Gasteiger partial charge in [-0.2, -0.15) is 0 Å². The number of aryl methyl sites for hydroxylation is 1. The highest BCUT2D eigenvalue weighted by Crippen LogP contribution is 2.38. The number of hydrogen-bond donors (Lipinski definition) is 0. The summed E-state index contributed by atoms with van der Waals surface area (Å²) in [5.74, 6) is 1.65. The van der Waals surface area contributed by atoms with E-state index in [1.165, 1.54) is 55.8 Å². The van der Waals surface area contributed by atoms with Gasteiger partial charge in [0, 0.05) is 40.4 Å². The largest absolute Gasteiger partial charge is 0.461 e. The van der Waals surface area contributed by atoms with Crippen LogP contribution in [0.25, 0.3) is 50.5 Å². The predicted molar refractivity (Wildman–Crippen MR) is 294 cm³/mol. The molecule has 0 amide bonds. The van der Waals surface area contributed by atoms with E-state index in [1.807, 2.05) is 55.5 Å². The summed E-state index contributed by atoms with van der Waals surface area (Å²) in [4.78, 5) is 7.67. The summed E-state index contributed by atoms with van der Waals surface area (Å²) in [5.41, 5.74) is 18.4. The Morgan fingerprint density at radius 1 is 0.735 bits per heavy atom. The minimum Gasteiger partial charge on any atom is -0.461 e. The first-order chi connectivity index (χ1) is 33.2. The van der Waals surface area contributed by atoms with Gasteiger partial charge in [0.15, 0.2) is 5.75 Å². The molecule has 4 aromatic carbocycles. The molecule has 1 atom stereocenters. The van der Waals surface area contributed by atoms with Crippen LogP contribution in [0.1, 0.15) is 73.1 Å². The second-order valence-corrected chi connectivity index (χ2v) is 17.4. The molecule has 4 nitrogen and oxygen atoms in total. The van der Waals surface area contributed by atoms with Crippen LogP contribution in [0.4, 0.5) is 5.69 Å². The van der Waals surface area contributed by atoms with Crippen LogP contribution in [0.3, 0.4) is 0 Å². The van der Waals surface area contributed by atoms with Crippen LogP contribution in [0.5, 0.6) is 5.75 Å². The summed E-state index contributed by atoms with van der Waals surface area (Å²) in [6, 6.07) is 30.3. The van der Waals surface area contributed by atoms with E-state index in [-0.39, 0.29) is 6.04 Å². The molecule has 1 unspecified atom stereocenters. The second-order valence-electron chi connectivity index (χ2n) is 17.4. The van der Waals surface area contributed by atoms with Gasteiger partial charge < -0.3 is 14.2 Å². The van der Waals surface area contributed by atoms with Crippen molar-refractivity contribution in [3.05, 3.63) is 259 Å². The van der Waals surface area contributed by atoms with E-state index < -0.39 is 0 Å². The number of oxime groups is 1. The molecule has 0 saturated heterocycles. The molecular weight excluding hydrogens is 829 g/mol. The van der Waals surface area contributed by atoms with Gasteiger partial charge in [0.25, 0.3) is 0 Å². The first kappa shape index (κ1) is 46.6. The Balaban J connectivity index is 0.000000412. The maximum atomic E-state index is 6.07. The molecule has 2 aliphatic carbocycles. The lowest BCUT2D eigenvalue weighted by molar-refractivity contribution is 0.343. The van der Waals surface area contributed by atoms with Crippen LogP contribution in [0.15, 0.2) is 235 Å². The quantitative estimate of drug-likeness (QED) is 0.131. The van der Waals surface area contributed by atoms with E-state index in [0.29, 0.717) is 0 Å². The van der Waals surface area contributed by atoms with E-state index in [1.54, 1.807) is 18.4 Å². The molecule has 4 aliphatic rings. The van der Waals surface area contributed by atoms with Crippen molar-refractivity contribution < 1.29 is 9.25 Å². The normalized spacial score (nSPS) is 18.5. The number of allylic oxidation sites excluding steroid dienone is 21. The minimum atomic E-state index is 0.283. The van der Waals surface area contributed by atoms with Crippen molar-refractivity contribution in [2.45, 2.75) is 52.5 Å². The third kappa shape index (κ3) is 11.0. The van der Waals surface area contributed by atoms with Gasteiger partial charge in [-0.15, -0.1) is 0 Å². The molecule has 0 fully saturated rings. The second kappa shape index (κ2) is 22.0. The molecular formula is C64H60N2O2. The Labute approximate surface area is 403 Å². The van der Waals surface area contributed by atoms with E-state index >= 15 is 0 Å². The van der Waals surface area contributed by atoms with Crippen LogP contribution in [-0.4, -0.2) is 18.8 Å². The number of fused-ring (bicyclic) bond motifs is 3. The van der Waals surface area contributed by atoms with Crippen molar-refractivity contribution in [3.8, 4) is 16.9 Å². The average Bonchev–Trinajstić information content (AvgIpc) is 3.49. The highest BCUT2D eigenvalue weighted by atomic mass is 16.6. The predicted octanol–water partition coefficient (Wildman–Crippen LogP) is 17.2. The van der Waals surface area contributed by atoms with Gasteiger partial charge in [0.2, 0.25) is 0 Å². The lowest BCUT2D eigenvalue weighted by atomic mass is 9.90. The van der Waals surface area contributed by atoms with Gasteiger partial charge in [0.05, 0.1) is 6.21 Å². The van der Waals surface area contributed by atoms with Gasteiger partial charge in [-0.05, 0) is 157 Å². The van der Waals surface area contributed by atoms with Crippen LogP contribution in [0.2, 0.25) is 0 Å². The first-order valence-corrected chi connectivity index (χ1v) is 23.5. The lowest BCUT2D eigenvalue weighted by Crippen LogP contribution is -2.33. The summed E-state index contributed by atoms with van der Waals surface area (Å²) >= 11 is 0. The Kier molecular flexibility index (Phi) is 15.1. The number of hydrogen-bond acceptors (Lipinski definition) is 4. The van der Waals surface area contributed by atoms with Gasteiger partial charge >= 0.3 is 0 Å². The molecule has 2 aliphatic heterocycles. The Hall–Kier alpha value is -7.95. The molecule has 0 bridgehead atoms. The Morgan fingerprint density at radius 2 is 1.53 bits per heavy atom. The van der Waals surface area contributed by atoms with Gasteiger partial charge in [0.1, 0.15) is 11.3 Å². The first-order valence-electron chi connectivity index (χ1n) is 23.5. The highest BCUT2D eigenvalue weighted by molar-refractivity contribution is 5.94. The van der Waals surface area contributed by atoms with Crippen LogP contribution >= 0.6 is 0 Å². The number of para-hydroxylation sites is 1. The van der Waals surface area contributed by atoms with Gasteiger partial charge in [-0.25, -0.2) is 0 Å². The molecule has 0 radical (unpaired) electrons. The van der Waals surface area contributed by atoms with E-state index in [0.717, 1.165) is 82.5 Å². The Bertz CT molecular complexity index is 3120. The van der Waals surface area contributed by atoms with Crippen molar-refractivity contribution in [1.82, 2.24) is 0 Å². The SMILES string of the molecule is C=C/C=C\CC(C)N1C/C=C\C(C2=CC(C)=CCC2)=C/C(=C)c2cc(C3=CC(c4cccc(-c5ccc6oc(C)c(/C=C\C=C)c6c5)c4)=CCC=C3)ccc21.C=C1/C=C\C=N/Oc2ccccc21. The molecule has 0 spiro atoms. The molecule has 4 heteroatoms. The highest BCUT2D eigenvalue weighted by Gasteiger charge is 2.21. The molecule has 0 N–H and O–H groups in total. The molecule has 68 heavy (non-hydrogen) atoms. The average molecular weight is 889 g/mol. The van der Waals surface area contributed by atoms with Crippen LogP contribution < -0.4 is 9.74 Å². The number of benzene rings is 4. The number of furan rings is 1. The standard InChI is InChI=1S/C53H51NO.C11H9NO/c1-7-9-11-18-39(5)54-30-16-24-42(41-21-14-17-37(3)31-41)32-38(4)50-35-47(26-28-52(50)54)44-20-13-12-19-43(33-44)45-22-15-23-46(34-45)48-27-29-53-51(36-48)49(25-10-8-2)40(6)55-53;1-9-5-4-8-12-13-11-7-3-2-6-10(9)11/h7-11,13,15-17,19-20,22-29,31-36,39H,1-2,4,12,14,18,21,30H2,3,5-6H3;2-8H,1H2/b11-9-,24-16-,25-10-,42-32+;5-4-,12-8-. The van der Waals surface area contributed by atoms with Crippen molar-refractivity contribution in [1.29, 1.82) is 0 Å². The number of rotatable bonds is 10. The summed E-state index contributed by atoms with van der Waals surface area (Å²) in [6.07, 6.45) is 41.9. The van der Waals surface area contributed by atoms with E-state index in [4.69, 9.17) is 15.8 Å². The zero-order chi connectivity index (χ0) is 47.4. The van der Waals surface area contributed by atoms with Crippen molar-refractivity contribution >= 4 is 51.2 Å². The smallest absolute Gasteiger partial charge is 0.165 e. The number of nitrogens with zero attached hydrogens (tertiary/aromatic N) is 2. The lowest BCUT2D eigenvalue weighted by Gasteiger charge is -2.32. The fourth-order valence-electron chi connectivity index (χ4n) is 9.03. The fraction of sp³-hybridized carbons (Fsp3) is 0.141. The van der Waals surface area contributed by atoms with E-state index in [9.17, 15) is 0 Å². The topological polar surface area (TPSA) is 38.0 Å². The fourth-order valence-corrected chi connectivity index (χ4v) is 9.03. The van der Waals surface area contributed by atoms with Crippen molar-refractivity contribution in [2.24, 2.45) is 5.16 Å². The molecule has 5 aromatic rings. The van der Waals surface area contributed by atoms with Crippen LogP contribution in [-0.2, 0) is 0 Å². The molecule has 0 saturated carbocycles. The summed E-state index contributed by atoms with van der Waals surface area (Å²) < 4.78 is 6.07. The molecule has 1 aromatic heterocycles. The summed E-state index contributed by atoms with van der Waals surface area (Å²) in [5, 5.41) is 4.86. The van der Waals surface area contributed by atoms with E-state index in [2.05, 4.69) is 171 Å². The van der Waals surface area contributed by atoms with Crippen LogP contribution in [0, 0.1) is 6.92 Å². The van der Waals surface area contributed by atoms with Crippen molar-refractivity contribution in [3.63, 3.8) is 0 Å².